The highest BCUT2D eigenvalue weighted by Crippen LogP contribution is 2.32. The van der Waals surface area contributed by atoms with Crippen LogP contribution < -0.4 is 10.1 Å². The van der Waals surface area contributed by atoms with Gasteiger partial charge in [0.1, 0.15) is 5.75 Å². The Morgan fingerprint density at radius 2 is 1.79 bits per heavy atom. The lowest BCUT2D eigenvalue weighted by molar-refractivity contribution is 0.207. The van der Waals surface area contributed by atoms with Crippen LogP contribution in [0.3, 0.4) is 0 Å². The van der Waals surface area contributed by atoms with Gasteiger partial charge in [-0.05, 0) is 29.3 Å². The molecule has 0 atom stereocenters. The fourth-order valence-electron chi connectivity index (χ4n) is 4.45. The molecule has 2 aliphatic heterocycles. The molecule has 0 aliphatic carbocycles. The third-order valence-electron chi connectivity index (χ3n) is 6.17. The molecule has 0 radical (unpaired) electrons. The molecule has 0 fully saturated rings. The Hall–Kier alpha value is -3.43. The second-order valence-electron chi connectivity index (χ2n) is 8.16. The Bertz CT molecular complexity index is 1350. The van der Waals surface area contributed by atoms with E-state index in [1.807, 2.05) is 30.3 Å². The molecule has 0 spiro atoms. The standard InChI is InChI=1S/C24H24N4O4S/c1-32-22-7-3-2-5-18(22)12-26-24(29)27-13-19-15-28(16-20(19)14-27)33(30,31)23-8-4-6-17-11-25-10-9-21(17)23/h2-11H,12-16H2,1H3,(H,26,29). The van der Waals surface area contributed by atoms with Gasteiger partial charge in [0.2, 0.25) is 10.0 Å². The van der Waals surface area contributed by atoms with Crippen LogP contribution in [0.5, 0.6) is 5.75 Å². The first-order valence-electron chi connectivity index (χ1n) is 10.6. The molecular weight excluding hydrogens is 440 g/mol. The molecule has 3 aromatic rings. The molecule has 0 unspecified atom stereocenters. The zero-order chi connectivity index (χ0) is 23.0. The summed E-state index contributed by atoms with van der Waals surface area (Å²) in [5, 5.41) is 4.39. The fourth-order valence-corrected chi connectivity index (χ4v) is 6.09. The van der Waals surface area contributed by atoms with E-state index in [9.17, 15) is 13.2 Å². The van der Waals surface area contributed by atoms with Crippen LogP contribution in [0.1, 0.15) is 5.56 Å². The maximum absolute atomic E-state index is 13.4. The Morgan fingerprint density at radius 3 is 2.55 bits per heavy atom. The van der Waals surface area contributed by atoms with Crippen LogP contribution in [0.15, 0.2) is 77.0 Å². The number of hydrogen-bond donors (Lipinski definition) is 1. The monoisotopic (exact) mass is 464 g/mol. The third kappa shape index (κ3) is 3.94. The number of carbonyl (C=O) groups is 1. The van der Waals surface area contributed by atoms with Crippen molar-refractivity contribution in [1.29, 1.82) is 0 Å². The number of nitrogens with one attached hydrogen (secondary N) is 1. The Kier molecular flexibility index (Phi) is 5.51. The molecule has 2 amide bonds. The van der Waals surface area contributed by atoms with Crippen molar-refractivity contribution in [2.75, 3.05) is 33.3 Å². The second kappa shape index (κ2) is 8.49. The number of carbonyl (C=O) groups excluding carboxylic acids is 1. The van der Waals surface area contributed by atoms with Crippen LogP contribution in [-0.4, -0.2) is 61.9 Å². The summed E-state index contributed by atoms with van der Waals surface area (Å²) < 4.78 is 33.6. The second-order valence-corrected chi connectivity index (χ2v) is 10.1. The maximum Gasteiger partial charge on any atom is 0.318 e. The number of rotatable bonds is 5. The summed E-state index contributed by atoms with van der Waals surface area (Å²) in [5.41, 5.74) is 2.89. The number of urea groups is 1. The molecular formula is C24H24N4O4S. The number of methoxy groups -OCH3 is 1. The van der Waals surface area contributed by atoms with Crippen molar-refractivity contribution >= 4 is 26.8 Å². The van der Waals surface area contributed by atoms with Gasteiger partial charge in [0.15, 0.2) is 0 Å². The number of fused-ring (bicyclic) bond motifs is 1. The van der Waals surface area contributed by atoms with Gasteiger partial charge in [0.05, 0.1) is 12.0 Å². The molecule has 0 saturated heterocycles. The first-order chi connectivity index (χ1) is 16.0. The SMILES string of the molecule is COc1ccccc1CNC(=O)N1CC2=C(C1)CN(S(=O)(=O)c1cccc3cnccc13)C2. The lowest BCUT2D eigenvalue weighted by Gasteiger charge is -2.23. The molecule has 3 heterocycles. The maximum atomic E-state index is 13.4. The molecule has 5 rings (SSSR count). The van der Waals surface area contributed by atoms with E-state index in [0.29, 0.717) is 38.1 Å². The van der Waals surface area contributed by atoms with Crippen LogP contribution >= 0.6 is 0 Å². The van der Waals surface area contributed by atoms with Gasteiger partial charge in [-0.2, -0.15) is 4.31 Å². The van der Waals surface area contributed by atoms with Gasteiger partial charge < -0.3 is 15.0 Å². The molecule has 33 heavy (non-hydrogen) atoms. The average Bonchev–Trinajstić information content (AvgIpc) is 3.42. The minimum Gasteiger partial charge on any atom is -0.496 e. The predicted molar refractivity (Wildman–Crippen MR) is 124 cm³/mol. The molecule has 0 bridgehead atoms. The number of para-hydroxylation sites is 1. The Labute approximate surface area is 192 Å². The minimum atomic E-state index is -3.67. The van der Waals surface area contributed by atoms with Gasteiger partial charge in [-0.3, -0.25) is 4.98 Å². The summed E-state index contributed by atoms with van der Waals surface area (Å²) in [6, 6.07) is 14.3. The Morgan fingerprint density at radius 1 is 1.03 bits per heavy atom. The third-order valence-corrected chi connectivity index (χ3v) is 8.02. The van der Waals surface area contributed by atoms with Crippen molar-refractivity contribution in [3.63, 3.8) is 0 Å². The molecule has 9 heteroatoms. The van der Waals surface area contributed by atoms with E-state index in [4.69, 9.17) is 4.74 Å². The largest absolute Gasteiger partial charge is 0.496 e. The zero-order valence-corrected chi connectivity index (χ0v) is 19.0. The molecule has 2 aliphatic rings. The van der Waals surface area contributed by atoms with Gasteiger partial charge in [-0.15, -0.1) is 0 Å². The number of benzene rings is 2. The van der Waals surface area contributed by atoms with Crippen molar-refractivity contribution in [3.8, 4) is 5.75 Å². The van der Waals surface area contributed by atoms with Crippen LogP contribution in [0.25, 0.3) is 10.8 Å². The first-order valence-corrected chi connectivity index (χ1v) is 12.1. The van der Waals surface area contributed by atoms with Gasteiger partial charge in [-0.1, -0.05) is 30.3 Å². The predicted octanol–water partition coefficient (Wildman–Crippen LogP) is 2.77. The highest BCUT2D eigenvalue weighted by molar-refractivity contribution is 7.89. The summed E-state index contributed by atoms with van der Waals surface area (Å²) in [5.74, 6) is 0.727. The average molecular weight is 465 g/mol. The molecule has 8 nitrogen and oxygen atoms in total. The fraction of sp³-hybridized carbons (Fsp3) is 0.250. The van der Waals surface area contributed by atoms with Crippen LogP contribution in [0.4, 0.5) is 4.79 Å². The molecule has 1 aromatic heterocycles. The number of aromatic nitrogens is 1. The summed E-state index contributed by atoms with van der Waals surface area (Å²) in [6.45, 7) is 1.82. The van der Waals surface area contributed by atoms with Crippen molar-refractivity contribution in [1.82, 2.24) is 19.5 Å². The lowest BCUT2D eigenvalue weighted by Crippen LogP contribution is -2.41. The van der Waals surface area contributed by atoms with E-state index < -0.39 is 10.0 Å². The highest BCUT2D eigenvalue weighted by Gasteiger charge is 2.38. The summed E-state index contributed by atoms with van der Waals surface area (Å²) in [7, 11) is -2.07. The van der Waals surface area contributed by atoms with E-state index in [0.717, 1.165) is 27.8 Å². The number of hydrogen-bond acceptors (Lipinski definition) is 5. The molecule has 2 aromatic carbocycles. The molecule has 1 N–H and O–H groups in total. The van der Waals surface area contributed by atoms with E-state index >= 15 is 0 Å². The van der Waals surface area contributed by atoms with Gasteiger partial charge in [-0.25, -0.2) is 13.2 Å². The summed E-state index contributed by atoms with van der Waals surface area (Å²) in [6.07, 6.45) is 3.27. The van der Waals surface area contributed by atoms with E-state index in [2.05, 4.69) is 10.3 Å². The number of pyridine rings is 1. The van der Waals surface area contributed by atoms with Crippen LogP contribution in [-0.2, 0) is 16.6 Å². The smallest absolute Gasteiger partial charge is 0.318 e. The van der Waals surface area contributed by atoms with E-state index in [-0.39, 0.29) is 10.9 Å². The van der Waals surface area contributed by atoms with Crippen molar-refractivity contribution in [3.05, 3.63) is 77.6 Å². The number of ether oxygens (including phenoxy) is 1. The normalized spacial score (nSPS) is 16.3. The van der Waals surface area contributed by atoms with Crippen LogP contribution in [0.2, 0.25) is 0 Å². The van der Waals surface area contributed by atoms with Crippen molar-refractivity contribution < 1.29 is 17.9 Å². The topological polar surface area (TPSA) is 91.8 Å². The van der Waals surface area contributed by atoms with Crippen LogP contribution in [0, 0.1) is 0 Å². The summed E-state index contributed by atoms with van der Waals surface area (Å²) in [4.78, 5) is 18.8. The highest BCUT2D eigenvalue weighted by atomic mass is 32.2. The minimum absolute atomic E-state index is 0.175. The zero-order valence-electron chi connectivity index (χ0n) is 18.2. The Balaban J connectivity index is 1.24. The lowest BCUT2D eigenvalue weighted by atomic mass is 10.2. The molecule has 170 valence electrons. The summed E-state index contributed by atoms with van der Waals surface area (Å²) >= 11 is 0. The molecule has 0 saturated carbocycles. The quantitative estimate of drug-likeness (QED) is 0.587. The first kappa shape index (κ1) is 21.4. The van der Waals surface area contributed by atoms with Crippen molar-refractivity contribution in [2.24, 2.45) is 0 Å². The number of nitrogens with zero attached hydrogens (tertiary/aromatic N) is 3. The van der Waals surface area contributed by atoms with E-state index in [1.54, 1.807) is 42.6 Å². The van der Waals surface area contributed by atoms with Gasteiger partial charge >= 0.3 is 6.03 Å². The van der Waals surface area contributed by atoms with E-state index in [1.165, 1.54) is 4.31 Å². The van der Waals surface area contributed by atoms with Gasteiger partial charge in [0.25, 0.3) is 0 Å². The number of sulfonamides is 1. The number of amides is 2. The van der Waals surface area contributed by atoms with Crippen molar-refractivity contribution in [2.45, 2.75) is 11.4 Å². The van der Waals surface area contributed by atoms with Gasteiger partial charge in [0, 0.05) is 61.5 Å².